The Morgan fingerprint density at radius 2 is 1.62 bits per heavy atom. The Balaban J connectivity index is 1.74. The molecule has 32 heavy (non-hydrogen) atoms. The lowest BCUT2D eigenvalue weighted by atomic mass is 9.98. The van der Waals surface area contributed by atoms with Crippen LogP contribution in [0.5, 0.6) is 28.7 Å². The molecule has 2 heterocycles. The molecule has 2 aromatic rings. The molecule has 2 aromatic carbocycles. The zero-order valence-corrected chi connectivity index (χ0v) is 16.5. The van der Waals surface area contributed by atoms with E-state index in [-0.39, 0.29) is 34.3 Å². The lowest BCUT2D eigenvalue weighted by Gasteiger charge is -2.40. The smallest absolute Gasteiger partial charge is 0.270 e. The van der Waals surface area contributed by atoms with Crippen LogP contribution < -0.4 is 0 Å². The van der Waals surface area contributed by atoms with Crippen LogP contribution >= 0.6 is 0 Å². The minimum Gasteiger partial charge on any atom is -0.571 e. The van der Waals surface area contributed by atoms with E-state index in [9.17, 15) is 40.9 Å². The van der Waals surface area contributed by atoms with Gasteiger partial charge in [-0.1, -0.05) is 0 Å². The SMILES string of the molecule is OC[C@@H]1O[C@@H](OC2=Cc3c(O)cc(O)cc3[OH+]C2c2ccc(O)c(O)c2)[C@@H](O)[C@H](O)[C@@H]1O. The molecular formula is C21H23O11+. The predicted molar refractivity (Wildman–Crippen MR) is 107 cm³/mol. The Morgan fingerprint density at radius 1 is 0.875 bits per heavy atom. The number of hydrogen-bond donors (Lipinski definition) is 8. The predicted octanol–water partition coefficient (Wildman–Crippen LogP) is -0.337. The number of phenols is 4. The minimum absolute atomic E-state index is 0.0212. The number of hydrogen-bond acceptors (Lipinski definition) is 10. The summed E-state index contributed by atoms with van der Waals surface area (Å²) in [7, 11) is 0. The summed E-state index contributed by atoms with van der Waals surface area (Å²) in [6, 6.07) is 6.34. The molecule has 1 unspecified atom stereocenters. The van der Waals surface area contributed by atoms with Gasteiger partial charge >= 0.3 is 0 Å². The fraction of sp³-hybridized carbons (Fsp3) is 0.333. The number of fused-ring (bicyclic) bond motifs is 1. The number of benzene rings is 2. The van der Waals surface area contributed by atoms with Crippen LogP contribution in [0.2, 0.25) is 0 Å². The maximum absolute atomic E-state index is 10.3. The molecule has 0 amide bonds. The second-order valence-corrected chi connectivity index (χ2v) is 7.54. The molecule has 0 radical (unpaired) electrons. The molecule has 0 aliphatic carbocycles. The van der Waals surface area contributed by atoms with Gasteiger partial charge in [-0.15, -0.1) is 0 Å². The lowest BCUT2D eigenvalue weighted by molar-refractivity contribution is -0.295. The normalized spacial score (nSPS) is 29.6. The first-order valence-corrected chi connectivity index (χ1v) is 9.67. The molecule has 0 saturated carbocycles. The summed E-state index contributed by atoms with van der Waals surface area (Å²) < 4.78 is 15.6. The van der Waals surface area contributed by atoms with Crippen LogP contribution in [0.15, 0.2) is 36.1 Å². The van der Waals surface area contributed by atoms with E-state index < -0.39 is 49.2 Å². The van der Waals surface area contributed by atoms with Crippen molar-refractivity contribution in [1.82, 2.24) is 0 Å². The van der Waals surface area contributed by atoms with Gasteiger partial charge in [-0.3, -0.25) is 0 Å². The highest BCUT2D eigenvalue weighted by molar-refractivity contribution is 5.69. The first kappa shape index (κ1) is 22.0. The maximum Gasteiger partial charge on any atom is 0.270 e. The first-order chi connectivity index (χ1) is 15.2. The molecule has 1 fully saturated rings. The molecule has 2 aliphatic heterocycles. The molecular weight excluding hydrogens is 428 g/mol. The van der Waals surface area contributed by atoms with Crippen LogP contribution in [-0.2, 0) is 9.47 Å². The van der Waals surface area contributed by atoms with E-state index in [2.05, 4.69) is 4.74 Å². The van der Waals surface area contributed by atoms with Crippen LogP contribution in [0.25, 0.3) is 6.08 Å². The van der Waals surface area contributed by atoms with Crippen LogP contribution in [0.3, 0.4) is 0 Å². The van der Waals surface area contributed by atoms with Crippen LogP contribution in [0, 0.1) is 0 Å². The number of aromatic hydroxyl groups is 5. The Labute approximate surface area is 181 Å². The van der Waals surface area contributed by atoms with Crippen molar-refractivity contribution in [3.05, 3.63) is 47.2 Å². The minimum atomic E-state index is -1.68. The molecule has 11 heteroatoms. The number of aliphatic hydroxyl groups excluding tert-OH is 4. The average molecular weight is 451 g/mol. The second-order valence-electron chi connectivity index (χ2n) is 7.54. The first-order valence-electron chi connectivity index (χ1n) is 9.67. The van der Waals surface area contributed by atoms with Gasteiger partial charge in [0.2, 0.25) is 6.29 Å². The average Bonchev–Trinajstić information content (AvgIpc) is 2.76. The van der Waals surface area contributed by atoms with E-state index in [1.54, 1.807) is 0 Å². The molecule has 172 valence electrons. The third-order valence-electron chi connectivity index (χ3n) is 5.36. The Hall–Kier alpha value is -3.22. The largest absolute Gasteiger partial charge is 0.571 e. The third-order valence-corrected chi connectivity index (χ3v) is 5.36. The second kappa shape index (κ2) is 8.37. The number of rotatable bonds is 4. The van der Waals surface area contributed by atoms with Gasteiger partial charge in [0.15, 0.2) is 17.3 Å². The summed E-state index contributed by atoms with van der Waals surface area (Å²) >= 11 is 0. The van der Waals surface area contributed by atoms with Gasteiger partial charge in [0.05, 0.1) is 18.2 Å². The molecule has 4 rings (SSSR count). The monoisotopic (exact) mass is 451 g/mol. The summed E-state index contributed by atoms with van der Waals surface area (Å²) in [5.74, 6) is -1.08. The highest BCUT2D eigenvalue weighted by Gasteiger charge is 2.46. The molecule has 9 N–H and O–H groups in total. The summed E-state index contributed by atoms with van der Waals surface area (Å²) in [4.78, 5) is 0. The zero-order chi connectivity index (χ0) is 23.2. The van der Waals surface area contributed by atoms with Crippen molar-refractivity contribution in [3.63, 3.8) is 0 Å². The molecule has 6 atom stereocenters. The van der Waals surface area contributed by atoms with Crippen LogP contribution in [0.4, 0.5) is 0 Å². The lowest BCUT2D eigenvalue weighted by Crippen LogP contribution is -2.59. The fourth-order valence-corrected chi connectivity index (χ4v) is 3.63. The summed E-state index contributed by atoms with van der Waals surface area (Å²) in [5.41, 5.74) is 0.547. The summed E-state index contributed by atoms with van der Waals surface area (Å²) in [5, 5.41) is 79.3. The third kappa shape index (κ3) is 3.87. The maximum atomic E-state index is 10.3. The zero-order valence-electron chi connectivity index (χ0n) is 16.5. The molecule has 2 aliphatic rings. The summed E-state index contributed by atoms with van der Waals surface area (Å²) in [6.07, 6.45) is -7.22. The van der Waals surface area contributed by atoms with Crippen molar-refractivity contribution in [2.45, 2.75) is 36.8 Å². The van der Waals surface area contributed by atoms with Gasteiger partial charge in [0.25, 0.3) is 11.9 Å². The van der Waals surface area contributed by atoms with Gasteiger partial charge in [-0.05, 0) is 18.2 Å². The van der Waals surface area contributed by atoms with Gasteiger partial charge in [-0.25, -0.2) is 0 Å². The Bertz CT molecular complexity index is 1030. The van der Waals surface area contributed by atoms with Crippen molar-refractivity contribution in [3.8, 4) is 28.7 Å². The topological polar surface area (TPSA) is 193 Å². The highest BCUT2D eigenvalue weighted by atomic mass is 16.7. The molecule has 0 spiro atoms. The van der Waals surface area contributed by atoms with Crippen molar-refractivity contribution in [2.75, 3.05) is 6.61 Å². The number of phenolic OH excluding ortho intramolecular Hbond substituents is 4. The van der Waals surface area contributed by atoms with E-state index in [0.29, 0.717) is 5.56 Å². The van der Waals surface area contributed by atoms with Gasteiger partial charge in [0.1, 0.15) is 41.5 Å². The van der Waals surface area contributed by atoms with E-state index in [0.717, 1.165) is 6.07 Å². The van der Waals surface area contributed by atoms with E-state index in [4.69, 9.17) is 9.47 Å². The molecule has 0 aromatic heterocycles. The number of ether oxygens (including phenoxy) is 3. The van der Waals surface area contributed by atoms with Crippen molar-refractivity contribution >= 4 is 6.08 Å². The molecule has 11 nitrogen and oxygen atoms in total. The summed E-state index contributed by atoms with van der Waals surface area (Å²) in [6.45, 7) is -0.646. The van der Waals surface area contributed by atoms with E-state index in [1.165, 1.54) is 30.3 Å². The number of aliphatic hydroxyl groups is 5. The van der Waals surface area contributed by atoms with Crippen molar-refractivity contribution in [2.24, 2.45) is 0 Å². The Kier molecular flexibility index (Phi) is 5.75. The fourth-order valence-electron chi connectivity index (χ4n) is 3.63. The van der Waals surface area contributed by atoms with Crippen LogP contribution in [0.1, 0.15) is 17.2 Å². The van der Waals surface area contributed by atoms with Gasteiger partial charge < -0.3 is 55.1 Å². The highest BCUT2D eigenvalue weighted by Crippen LogP contribution is 2.46. The van der Waals surface area contributed by atoms with Crippen LogP contribution in [-0.4, -0.2) is 82.9 Å². The quantitative estimate of drug-likeness (QED) is 0.225. The standard InChI is InChI=1S/C21H22O11/c22-7-16-17(27)18(28)19(29)21(32-16)31-15-6-10-12(25)4-9(23)5-14(10)30-20(15)8-1-2-11(24)13(26)3-8/h1-6,16-29H,7H2/p+1/t16-,17+,18+,19-,20?,21+/m0/s1. The van der Waals surface area contributed by atoms with Crippen molar-refractivity contribution < 1.29 is 55.1 Å². The molecule has 1 saturated heterocycles. The van der Waals surface area contributed by atoms with E-state index in [1.807, 2.05) is 0 Å². The van der Waals surface area contributed by atoms with Gasteiger partial charge in [0, 0.05) is 12.1 Å². The van der Waals surface area contributed by atoms with Gasteiger partial charge in [-0.2, -0.15) is 0 Å². The molecule has 0 bridgehead atoms. The van der Waals surface area contributed by atoms with Crippen molar-refractivity contribution in [1.29, 1.82) is 0 Å². The van der Waals surface area contributed by atoms with E-state index >= 15 is 0 Å². The Morgan fingerprint density at radius 3 is 2.31 bits per heavy atom.